The highest BCUT2D eigenvalue weighted by Crippen LogP contribution is 2.36. The van der Waals surface area contributed by atoms with Crippen LogP contribution in [0.1, 0.15) is 12.8 Å². The second kappa shape index (κ2) is 10.1. The zero-order valence-corrected chi connectivity index (χ0v) is 19.2. The molecular weight excluding hydrogens is 445 g/mol. The Morgan fingerprint density at radius 1 is 1.27 bits per heavy atom. The molecule has 3 aromatic rings. The normalized spacial score (nSPS) is 13.6. The standard InChI is InChI=1S/C24H25ClFN5O2/c1-31(2)9-3-4-23(32)30-21-11-17-20(12-22(21)33-13-15-5-6-15)27-14-28-24(17)29-16-7-8-19(26)18(25)10-16/h3-4,7-8,10-12,14-15H,5-6,9,13H2,1-2H3,(H,30,32)(H,27,28,29)/b4-3+. The summed E-state index contributed by atoms with van der Waals surface area (Å²) >= 11 is 5.91. The lowest BCUT2D eigenvalue weighted by Crippen LogP contribution is -2.13. The first-order chi connectivity index (χ1) is 15.9. The zero-order chi connectivity index (χ0) is 23.4. The molecule has 1 aliphatic carbocycles. The minimum absolute atomic E-state index is 0.00610. The number of aromatic nitrogens is 2. The number of carbonyl (C=O) groups is 1. The van der Waals surface area contributed by atoms with Gasteiger partial charge in [-0.2, -0.15) is 0 Å². The van der Waals surface area contributed by atoms with E-state index in [1.165, 1.54) is 24.5 Å². The number of ether oxygens (including phenoxy) is 1. The molecule has 0 spiro atoms. The first-order valence-electron chi connectivity index (χ1n) is 10.6. The molecule has 0 atom stereocenters. The van der Waals surface area contributed by atoms with E-state index in [-0.39, 0.29) is 10.9 Å². The van der Waals surface area contributed by atoms with Crippen LogP contribution in [0, 0.1) is 11.7 Å². The van der Waals surface area contributed by atoms with Crippen molar-refractivity contribution < 1.29 is 13.9 Å². The number of halogens is 2. The zero-order valence-electron chi connectivity index (χ0n) is 18.4. The van der Waals surface area contributed by atoms with Crippen molar-refractivity contribution in [3.8, 4) is 5.75 Å². The Labute approximate surface area is 196 Å². The predicted octanol–water partition coefficient (Wildman–Crippen LogP) is 5.01. The molecule has 1 aliphatic rings. The Hall–Kier alpha value is -3.23. The summed E-state index contributed by atoms with van der Waals surface area (Å²) in [5.74, 6) is 0.840. The van der Waals surface area contributed by atoms with Gasteiger partial charge in [0.15, 0.2) is 0 Å². The lowest BCUT2D eigenvalue weighted by Gasteiger charge is -2.15. The van der Waals surface area contributed by atoms with Gasteiger partial charge in [-0.25, -0.2) is 14.4 Å². The minimum Gasteiger partial charge on any atom is -0.491 e. The van der Waals surface area contributed by atoms with Gasteiger partial charge in [-0.1, -0.05) is 17.7 Å². The fourth-order valence-electron chi connectivity index (χ4n) is 3.15. The highest BCUT2D eigenvalue weighted by molar-refractivity contribution is 6.31. The Morgan fingerprint density at radius 3 is 2.82 bits per heavy atom. The van der Waals surface area contributed by atoms with Crippen LogP contribution in [0.15, 0.2) is 48.8 Å². The summed E-state index contributed by atoms with van der Waals surface area (Å²) in [7, 11) is 3.86. The summed E-state index contributed by atoms with van der Waals surface area (Å²) in [6, 6.07) is 7.91. The molecule has 1 amide bonds. The minimum atomic E-state index is -0.500. The summed E-state index contributed by atoms with van der Waals surface area (Å²) in [4.78, 5) is 23.2. The third kappa shape index (κ3) is 6.18. The molecule has 1 heterocycles. The highest BCUT2D eigenvalue weighted by Gasteiger charge is 2.23. The Balaban J connectivity index is 1.65. The van der Waals surface area contributed by atoms with Crippen LogP contribution < -0.4 is 15.4 Å². The average molecular weight is 470 g/mol. The maximum absolute atomic E-state index is 13.5. The topological polar surface area (TPSA) is 79.4 Å². The Bertz CT molecular complexity index is 1200. The number of nitrogens with zero attached hydrogens (tertiary/aromatic N) is 3. The lowest BCUT2D eigenvalue weighted by atomic mass is 10.1. The Kier molecular flexibility index (Phi) is 7.05. The van der Waals surface area contributed by atoms with Crippen molar-refractivity contribution >= 4 is 45.6 Å². The third-order valence-corrected chi connectivity index (χ3v) is 5.38. The van der Waals surface area contributed by atoms with Gasteiger partial charge in [-0.3, -0.25) is 4.79 Å². The molecule has 33 heavy (non-hydrogen) atoms. The lowest BCUT2D eigenvalue weighted by molar-refractivity contribution is -0.111. The average Bonchev–Trinajstić information content (AvgIpc) is 3.59. The van der Waals surface area contributed by atoms with Crippen LogP contribution in [0.25, 0.3) is 10.9 Å². The SMILES string of the molecule is CN(C)C/C=C/C(=O)Nc1cc2c(Nc3ccc(F)c(Cl)c3)ncnc2cc1OCC1CC1. The quantitative estimate of drug-likeness (QED) is 0.429. The molecule has 4 rings (SSSR count). The molecule has 0 saturated heterocycles. The highest BCUT2D eigenvalue weighted by atomic mass is 35.5. The van der Waals surface area contributed by atoms with E-state index in [0.717, 1.165) is 12.8 Å². The monoisotopic (exact) mass is 469 g/mol. The van der Waals surface area contributed by atoms with E-state index >= 15 is 0 Å². The maximum atomic E-state index is 13.5. The summed E-state index contributed by atoms with van der Waals surface area (Å²) in [6.07, 6.45) is 7.02. The molecule has 172 valence electrons. The van der Waals surface area contributed by atoms with E-state index in [2.05, 4.69) is 20.6 Å². The van der Waals surface area contributed by atoms with Gasteiger partial charge in [-0.15, -0.1) is 0 Å². The van der Waals surface area contributed by atoms with Crippen LogP contribution in [0.3, 0.4) is 0 Å². The molecule has 0 radical (unpaired) electrons. The fourth-order valence-corrected chi connectivity index (χ4v) is 3.33. The summed E-state index contributed by atoms with van der Waals surface area (Å²) in [5, 5.41) is 6.73. The van der Waals surface area contributed by atoms with E-state index in [1.54, 1.807) is 24.3 Å². The molecule has 1 saturated carbocycles. The molecule has 2 N–H and O–H groups in total. The number of anilines is 3. The van der Waals surface area contributed by atoms with E-state index < -0.39 is 5.82 Å². The van der Waals surface area contributed by atoms with Crippen molar-refractivity contribution in [3.63, 3.8) is 0 Å². The summed E-state index contributed by atoms with van der Waals surface area (Å²) in [6.45, 7) is 1.24. The number of nitrogens with one attached hydrogen (secondary N) is 2. The van der Waals surface area contributed by atoms with E-state index in [4.69, 9.17) is 16.3 Å². The molecule has 1 aromatic heterocycles. The van der Waals surface area contributed by atoms with Crippen LogP contribution in [0.5, 0.6) is 5.75 Å². The number of hydrogen-bond acceptors (Lipinski definition) is 6. The smallest absolute Gasteiger partial charge is 0.248 e. The first kappa shape index (κ1) is 22.9. The van der Waals surface area contributed by atoms with Crippen LogP contribution in [0.2, 0.25) is 5.02 Å². The van der Waals surface area contributed by atoms with Crippen molar-refractivity contribution in [1.82, 2.24) is 14.9 Å². The largest absolute Gasteiger partial charge is 0.491 e. The molecule has 0 unspecified atom stereocenters. The summed E-state index contributed by atoms with van der Waals surface area (Å²) < 4.78 is 19.5. The van der Waals surface area contributed by atoms with Crippen LogP contribution in [-0.2, 0) is 4.79 Å². The molecule has 0 aliphatic heterocycles. The number of hydrogen-bond donors (Lipinski definition) is 2. The third-order valence-electron chi connectivity index (χ3n) is 5.09. The molecule has 1 fully saturated rings. The molecule has 0 bridgehead atoms. The first-order valence-corrected chi connectivity index (χ1v) is 11.0. The van der Waals surface area contributed by atoms with Gasteiger partial charge < -0.3 is 20.3 Å². The maximum Gasteiger partial charge on any atom is 0.248 e. The van der Waals surface area contributed by atoms with Crippen LogP contribution in [0.4, 0.5) is 21.6 Å². The van der Waals surface area contributed by atoms with Gasteiger partial charge in [-0.05, 0) is 57.1 Å². The molecule has 9 heteroatoms. The van der Waals surface area contributed by atoms with Gasteiger partial charge in [0.25, 0.3) is 0 Å². The molecular formula is C24H25ClFN5O2. The second-order valence-electron chi connectivity index (χ2n) is 8.25. The van der Waals surface area contributed by atoms with Crippen LogP contribution in [-0.4, -0.2) is 48.0 Å². The predicted molar refractivity (Wildman–Crippen MR) is 129 cm³/mol. The van der Waals surface area contributed by atoms with Gasteiger partial charge in [0, 0.05) is 29.8 Å². The Morgan fingerprint density at radius 2 is 2.09 bits per heavy atom. The van der Waals surface area contributed by atoms with Gasteiger partial charge in [0.05, 0.1) is 22.8 Å². The van der Waals surface area contributed by atoms with Crippen molar-refractivity contribution in [2.75, 3.05) is 37.9 Å². The van der Waals surface area contributed by atoms with E-state index in [1.807, 2.05) is 19.0 Å². The van der Waals surface area contributed by atoms with Crippen molar-refractivity contribution in [1.29, 1.82) is 0 Å². The fraction of sp³-hybridized carbons (Fsp3) is 0.292. The number of rotatable bonds is 9. The number of likely N-dealkylation sites (N-methyl/N-ethyl adjacent to an activating group) is 1. The van der Waals surface area contributed by atoms with Crippen molar-refractivity contribution in [3.05, 3.63) is 59.7 Å². The van der Waals surface area contributed by atoms with Crippen molar-refractivity contribution in [2.45, 2.75) is 12.8 Å². The number of carbonyl (C=O) groups excluding carboxylic acids is 1. The van der Waals surface area contributed by atoms with E-state index in [9.17, 15) is 9.18 Å². The summed E-state index contributed by atoms with van der Waals surface area (Å²) in [5.41, 5.74) is 1.75. The molecule has 2 aromatic carbocycles. The molecule has 7 nitrogen and oxygen atoms in total. The number of amides is 1. The van der Waals surface area contributed by atoms with Gasteiger partial charge in [0.1, 0.15) is 23.7 Å². The van der Waals surface area contributed by atoms with Gasteiger partial charge in [0.2, 0.25) is 5.91 Å². The van der Waals surface area contributed by atoms with E-state index in [0.29, 0.717) is 52.9 Å². The second-order valence-corrected chi connectivity index (χ2v) is 8.66. The van der Waals surface area contributed by atoms with Crippen molar-refractivity contribution in [2.24, 2.45) is 5.92 Å². The van der Waals surface area contributed by atoms with Gasteiger partial charge >= 0.3 is 0 Å². The van der Waals surface area contributed by atoms with Crippen LogP contribution >= 0.6 is 11.6 Å². The number of fused-ring (bicyclic) bond motifs is 1. The number of benzene rings is 2.